The molecule has 0 aromatic heterocycles. The summed E-state index contributed by atoms with van der Waals surface area (Å²) >= 11 is 0. The van der Waals surface area contributed by atoms with Crippen LogP contribution >= 0.6 is 0 Å². The Balaban J connectivity index is 2.43. The van der Waals surface area contributed by atoms with Crippen molar-refractivity contribution in [2.45, 2.75) is 24.7 Å². The maximum Gasteiger partial charge on any atom is 0.265 e. The maximum absolute atomic E-state index is 12.4. The Morgan fingerprint density at radius 3 is 2.78 bits per heavy atom. The van der Waals surface area contributed by atoms with Crippen molar-refractivity contribution in [1.82, 2.24) is 4.47 Å². The monoisotopic (exact) mass is 266 g/mol. The van der Waals surface area contributed by atoms with Gasteiger partial charge < -0.3 is 0 Å². The highest BCUT2D eigenvalue weighted by atomic mass is 32.2. The van der Waals surface area contributed by atoms with Crippen molar-refractivity contribution in [3.8, 4) is 6.07 Å². The van der Waals surface area contributed by atoms with Gasteiger partial charge in [0.15, 0.2) is 0 Å². The van der Waals surface area contributed by atoms with Crippen LogP contribution in [0.4, 0.5) is 0 Å². The van der Waals surface area contributed by atoms with Crippen LogP contribution in [0.2, 0.25) is 0 Å². The molecule has 1 saturated heterocycles. The van der Waals surface area contributed by atoms with E-state index in [1.807, 2.05) is 6.07 Å². The molecule has 0 saturated carbocycles. The highest BCUT2D eigenvalue weighted by molar-refractivity contribution is 7.89. The second-order valence-corrected chi connectivity index (χ2v) is 5.96. The summed E-state index contributed by atoms with van der Waals surface area (Å²) in [6.07, 6.45) is 1.65. The number of hydrogen-bond donors (Lipinski definition) is 0. The van der Waals surface area contributed by atoms with E-state index in [4.69, 9.17) is 10.1 Å². The van der Waals surface area contributed by atoms with E-state index >= 15 is 0 Å². The number of nitriles is 1. The van der Waals surface area contributed by atoms with Crippen molar-refractivity contribution in [3.63, 3.8) is 0 Å². The largest absolute Gasteiger partial charge is 0.284 e. The molecule has 0 unspecified atom stereocenters. The van der Waals surface area contributed by atoms with Gasteiger partial charge in [0.2, 0.25) is 0 Å². The van der Waals surface area contributed by atoms with Crippen LogP contribution in [0.5, 0.6) is 0 Å². The third-order valence-corrected chi connectivity index (χ3v) is 4.65. The van der Waals surface area contributed by atoms with Gasteiger partial charge in [-0.15, -0.1) is 0 Å². The Hall–Kier alpha value is -1.42. The first-order chi connectivity index (χ1) is 8.55. The van der Waals surface area contributed by atoms with Crippen LogP contribution in [0.3, 0.4) is 0 Å². The molecule has 2 rings (SSSR count). The predicted octanol–water partition coefficient (Wildman–Crippen LogP) is 1.58. The molecular formula is C12H14N2O3S. The van der Waals surface area contributed by atoms with E-state index in [0.29, 0.717) is 24.3 Å². The molecule has 1 aliphatic rings. The summed E-state index contributed by atoms with van der Waals surface area (Å²) in [6, 6.07) is 6.57. The predicted molar refractivity (Wildman–Crippen MR) is 65.0 cm³/mol. The van der Waals surface area contributed by atoms with Crippen molar-refractivity contribution >= 4 is 10.0 Å². The third kappa shape index (κ3) is 2.38. The quantitative estimate of drug-likeness (QED) is 0.815. The Morgan fingerprint density at radius 2 is 2.17 bits per heavy atom. The number of nitrogens with zero attached hydrogens (tertiary/aromatic N) is 2. The van der Waals surface area contributed by atoms with Crippen molar-refractivity contribution in [1.29, 1.82) is 5.26 Å². The second kappa shape index (κ2) is 5.06. The molecule has 0 amide bonds. The number of benzene rings is 1. The smallest absolute Gasteiger partial charge is 0.265 e. The molecule has 5 nitrogen and oxygen atoms in total. The highest BCUT2D eigenvalue weighted by Gasteiger charge is 2.28. The number of hydrogen-bond acceptors (Lipinski definition) is 4. The fourth-order valence-electron chi connectivity index (χ4n) is 1.82. The summed E-state index contributed by atoms with van der Waals surface area (Å²) < 4.78 is 25.8. The summed E-state index contributed by atoms with van der Waals surface area (Å²) in [7, 11) is -3.67. The molecule has 0 radical (unpaired) electrons. The lowest BCUT2D eigenvalue weighted by atomic mass is 10.2. The number of hydroxylamine groups is 1. The minimum atomic E-state index is -3.67. The topological polar surface area (TPSA) is 70.4 Å². The first-order valence-corrected chi connectivity index (χ1v) is 7.16. The van der Waals surface area contributed by atoms with Crippen LogP contribution < -0.4 is 0 Å². The van der Waals surface area contributed by atoms with Gasteiger partial charge >= 0.3 is 0 Å². The average Bonchev–Trinajstić information content (AvgIpc) is 2.40. The second-order valence-electron chi connectivity index (χ2n) is 4.16. The molecule has 0 bridgehead atoms. The summed E-state index contributed by atoms with van der Waals surface area (Å²) in [5.74, 6) is 0. The molecule has 0 spiro atoms. The van der Waals surface area contributed by atoms with Gasteiger partial charge in [-0.25, -0.2) is 8.42 Å². The van der Waals surface area contributed by atoms with Crippen molar-refractivity contribution in [3.05, 3.63) is 29.3 Å². The molecule has 6 heteroatoms. The van der Waals surface area contributed by atoms with Gasteiger partial charge in [-0.05, 0) is 37.5 Å². The normalized spacial score (nSPS) is 17.3. The standard InChI is InChI=1S/C12H14N2O3S/c1-10-4-5-11(9-13)8-12(10)18(15,16)14-6-2-3-7-17-14/h4-5,8H,2-3,6-7H2,1H3. The first kappa shape index (κ1) is 13.0. The van der Waals surface area contributed by atoms with Gasteiger partial charge in [-0.1, -0.05) is 10.5 Å². The lowest BCUT2D eigenvalue weighted by molar-refractivity contribution is -0.108. The van der Waals surface area contributed by atoms with Crippen molar-refractivity contribution in [2.24, 2.45) is 0 Å². The van der Waals surface area contributed by atoms with Gasteiger partial charge in [-0.3, -0.25) is 4.84 Å². The zero-order valence-electron chi connectivity index (χ0n) is 10.1. The zero-order chi connectivity index (χ0) is 13.2. The lowest BCUT2D eigenvalue weighted by Gasteiger charge is -2.25. The van der Waals surface area contributed by atoms with Crippen LogP contribution in [0.1, 0.15) is 24.0 Å². The summed E-state index contributed by atoms with van der Waals surface area (Å²) in [4.78, 5) is 5.33. The number of sulfonamides is 1. The molecule has 1 fully saturated rings. The van der Waals surface area contributed by atoms with E-state index in [1.54, 1.807) is 19.1 Å². The fourth-order valence-corrected chi connectivity index (χ4v) is 3.37. The third-order valence-electron chi connectivity index (χ3n) is 2.83. The zero-order valence-corrected chi connectivity index (χ0v) is 10.9. The van der Waals surface area contributed by atoms with E-state index in [1.165, 1.54) is 6.07 Å². The van der Waals surface area contributed by atoms with Crippen LogP contribution in [0.15, 0.2) is 23.1 Å². The van der Waals surface area contributed by atoms with Crippen molar-refractivity contribution < 1.29 is 13.3 Å². The van der Waals surface area contributed by atoms with Gasteiger partial charge in [0.05, 0.1) is 23.1 Å². The Kier molecular flexibility index (Phi) is 3.66. The number of rotatable bonds is 2. The first-order valence-electron chi connectivity index (χ1n) is 5.72. The molecule has 1 aliphatic heterocycles. The Morgan fingerprint density at radius 1 is 1.39 bits per heavy atom. The fraction of sp³-hybridized carbons (Fsp3) is 0.417. The van der Waals surface area contributed by atoms with E-state index in [2.05, 4.69) is 0 Å². The minimum Gasteiger partial charge on any atom is -0.284 e. The molecule has 0 aliphatic carbocycles. The summed E-state index contributed by atoms with van der Waals surface area (Å²) in [5.41, 5.74) is 0.944. The van der Waals surface area contributed by atoms with E-state index in [-0.39, 0.29) is 4.90 Å². The molecule has 0 atom stereocenters. The van der Waals surface area contributed by atoms with Gasteiger partial charge in [0.25, 0.3) is 10.0 Å². The minimum absolute atomic E-state index is 0.142. The molecule has 96 valence electrons. The van der Waals surface area contributed by atoms with E-state index in [9.17, 15) is 8.42 Å². The van der Waals surface area contributed by atoms with Gasteiger partial charge in [-0.2, -0.15) is 5.26 Å². The maximum atomic E-state index is 12.4. The Bertz CT molecular complexity index is 584. The molecule has 18 heavy (non-hydrogen) atoms. The highest BCUT2D eigenvalue weighted by Crippen LogP contribution is 2.23. The van der Waals surface area contributed by atoms with Crippen LogP contribution in [-0.4, -0.2) is 26.0 Å². The molecule has 1 aromatic carbocycles. The average molecular weight is 266 g/mol. The number of aryl methyl sites for hydroxylation is 1. The van der Waals surface area contributed by atoms with E-state index in [0.717, 1.165) is 17.3 Å². The molecule has 0 N–H and O–H groups in total. The van der Waals surface area contributed by atoms with Gasteiger partial charge in [0, 0.05) is 6.54 Å². The summed E-state index contributed by atoms with van der Waals surface area (Å²) in [5, 5.41) is 8.84. The molecule has 1 heterocycles. The summed E-state index contributed by atoms with van der Waals surface area (Å²) in [6.45, 7) is 2.48. The molecular weight excluding hydrogens is 252 g/mol. The SMILES string of the molecule is Cc1ccc(C#N)cc1S(=O)(=O)N1CCCCO1. The van der Waals surface area contributed by atoms with Crippen LogP contribution in [0, 0.1) is 18.3 Å². The van der Waals surface area contributed by atoms with E-state index < -0.39 is 10.0 Å². The Labute approximate surface area is 107 Å². The van der Waals surface area contributed by atoms with Crippen LogP contribution in [0.25, 0.3) is 0 Å². The van der Waals surface area contributed by atoms with Gasteiger partial charge in [0.1, 0.15) is 0 Å². The molecule has 1 aromatic rings. The van der Waals surface area contributed by atoms with Crippen molar-refractivity contribution in [2.75, 3.05) is 13.2 Å². The lowest BCUT2D eigenvalue weighted by Crippen LogP contribution is -2.36. The van der Waals surface area contributed by atoms with Crippen LogP contribution in [-0.2, 0) is 14.9 Å².